The van der Waals surface area contributed by atoms with E-state index in [0.29, 0.717) is 6.42 Å². The number of carboxylic acid groups (broad SMARTS) is 1. The SMILES string of the molecule is Cc1cc(CN(C)CCCC(=O)O)ccc1Br. The Hall–Kier alpha value is -0.870. The molecule has 4 heteroatoms. The van der Waals surface area contributed by atoms with Crippen LogP contribution in [-0.2, 0) is 11.3 Å². The van der Waals surface area contributed by atoms with Crippen LogP contribution < -0.4 is 0 Å². The molecule has 0 spiro atoms. The van der Waals surface area contributed by atoms with Gasteiger partial charge in [-0.15, -0.1) is 0 Å². The molecule has 0 saturated heterocycles. The molecule has 0 heterocycles. The minimum Gasteiger partial charge on any atom is -0.481 e. The van der Waals surface area contributed by atoms with Crippen molar-refractivity contribution in [2.24, 2.45) is 0 Å². The van der Waals surface area contributed by atoms with Crippen LogP contribution >= 0.6 is 15.9 Å². The van der Waals surface area contributed by atoms with Gasteiger partial charge in [-0.1, -0.05) is 28.1 Å². The molecule has 0 fully saturated rings. The molecule has 0 bridgehead atoms. The topological polar surface area (TPSA) is 40.5 Å². The Bertz CT molecular complexity index is 393. The summed E-state index contributed by atoms with van der Waals surface area (Å²) < 4.78 is 1.12. The monoisotopic (exact) mass is 299 g/mol. The summed E-state index contributed by atoms with van der Waals surface area (Å²) in [5.41, 5.74) is 2.48. The van der Waals surface area contributed by atoms with Gasteiger partial charge < -0.3 is 10.0 Å². The molecule has 1 aromatic rings. The van der Waals surface area contributed by atoms with Crippen molar-refractivity contribution in [1.82, 2.24) is 4.90 Å². The zero-order chi connectivity index (χ0) is 12.8. The number of rotatable bonds is 6. The standard InChI is InChI=1S/C13H18BrNO2/c1-10-8-11(5-6-12(10)14)9-15(2)7-3-4-13(16)17/h5-6,8H,3-4,7,9H2,1-2H3,(H,16,17). The minimum atomic E-state index is -0.724. The van der Waals surface area contributed by atoms with Gasteiger partial charge in [0.05, 0.1) is 0 Å². The lowest BCUT2D eigenvalue weighted by Gasteiger charge is -2.16. The number of benzene rings is 1. The minimum absolute atomic E-state index is 0.240. The van der Waals surface area contributed by atoms with Crippen LogP contribution in [0.5, 0.6) is 0 Å². The van der Waals surface area contributed by atoms with E-state index in [1.54, 1.807) is 0 Å². The fourth-order valence-corrected chi connectivity index (χ4v) is 1.94. The summed E-state index contributed by atoms with van der Waals surface area (Å²) in [6.45, 7) is 3.73. The highest BCUT2D eigenvalue weighted by atomic mass is 79.9. The third-order valence-electron chi connectivity index (χ3n) is 2.61. The van der Waals surface area contributed by atoms with Crippen LogP contribution in [0.15, 0.2) is 22.7 Å². The Kier molecular flexibility index (Phi) is 5.65. The maximum Gasteiger partial charge on any atom is 0.303 e. The molecule has 0 aromatic heterocycles. The van der Waals surface area contributed by atoms with Crippen molar-refractivity contribution >= 4 is 21.9 Å². The van der Waals surface area contributed by atoms with Gasteiger partial charge in [0, 0.05) is 17.4 Å². The Morgan fingerprint density at radius 3 is 2.76 bits per heavy atom. The van der Waals surface area contributed by atoms with E-state index in [-0.39, 0.29) is 6.42 Å². The fourth-order valence-electron chi connectivity index (χ4n) is 1.70. The molecular formula is C13H18BrNO2. The van der Waals surface area contributed by atoms with Crippen LogP contribution in [0.1, 0.15) is 24.0 Å². The maximum absolute atomic E-state index is 10.4. The lowest BCUT2D eigenvalue weighted by Crippen LogP contribution is -2.19. The first-order chi connectivity index (χ1) is 7.99. The van der Waals surface area contributed by atoms with E-state index in [1.165, 1.54) is 11.1 Å². The molecule has 17 heavy (non-hydrogen) atoms. The van der Waals surface area contributed by atoms with Crippen molar-refractivity contribution in [2.75, 3.05) is 13.6 Å². The third-order valence-corrected chi connectivity index (χ3v) is 3.50. The van der Waals surface area contributed by atoms with Crippen molar-refractivity contribution in [3.63, 3.8) is 0 Å². The van der Waals surface area contributed by atoms with Crippen LogP contribution in [0.3, 0.4) is 0 Å². The van der Waals surface area contributed by atoms with Gasteiger partial charge in [-0.3, -0.25) is 4.79 Å². The maximum atomic E-state index is 10.4. The smallest absolute Gasteiger partial charge is 0.303 e. The van der Waals surface area contributed by atoms with Crippen LogP contribution in [0.4, 0.5) is 0 Å². The average Bonchev–Trinajstić information content (AvgIpc) is 2.23. The van der Waals surface area contributed by atoms with Gasteiger partial charge in [-0.25, -0.2) is 0 Å². The lowest BCUT2D eigenvalue weighted by molar-refractivity contribution is -0.137. The molecule has 0 saturated carbocycles. The number of hydrogen-bond donors (Lipinski definition) is 1. The van der Waals surface area contributed by atoms with Gasteiger partial charge >= 0.3 is 5.97 Å². The molecule has 0 aliphatic heterocycles. The highest BCUT2D eigenvalue weighted by Gasteiger charge is 2.03. The van der Waals surface area contributed by atoms with Crippen LogP contribution in [0.2, 0.25) is 0 Å². The van der Waals surface area contributed by atoms with Crippen molar-refractivity contribution in [1.29, 1.82) is 0 Å². The predicted molar refractivity (Wildman–Crippen MR) is 72.1 cm³/mol. The Balaban J connectivity index is 2.42. The van der Waals surface area contributed by atoms with Gasteiger partial charge in [0.1, 0.15) is 0 Å². The van der Waals surface area contributed by atoms with Crippen molar-refractivity contribution in [3.05, 3.63) is 33.8 Å². The number of carboxylic acids is 1. The first-order valence-electron chi connectivity index (χ1n) is 5.64. The van der Waals surface area contributed by atoms with E-state index in [4.69, 9.17) is 5.11 Å². The quantitative estimate of drug-likeness (QED) is 0.878. The molecule has 1 aromatic carbocycles. The Morgan fingerprint density at radius 2 is 2.18 bits per heavy atom. The van der Waals surface area contributed by atoms with Crippen LogP contribution in [-0.4, -0.2) is 29.6 Å². The predicted octanol–water partition coefficient (Wildman–Crippen LogP) is 3.05. The second-order valence-corrected chi connectivity index (χ2v) is 5.17. The van der Waals surface area contributed by atoms with E-state index in [1.807, 2.05) is 7.05 Å². The number of halogens is 1. The first kappa shape index (κ1) is 14.2. The summed E-state index contributed by atoms with van der Waals surface area (Å²) in [5, 5.41) is 8.56. The summed E-state index contributed by atoms with van der Waals surface area (Å²) in [7, 11) is 2.01. The van der Waals surface area contributed by atoms with Gasteiger partial charge in [0.15, 0.2) is 0 Å². The van der Waals surface area contributed by atoms with Crippen molar-refractivity contribution < 1.29 is 9.90 Å². The molecule has 0 unspecified atom stereocenters. The first-order valence-corrected chi connectivity index (χ1v) is 6.43. The highest BCUT2D eigenvalue weighted by Crippen LogP contribution is 2.17. The number of aryl methyl sites for hydroxylation is 1. The van der Waals surface area contributed by atoms with Gasteiger partial charge in [-0.2, -0.15) is 0 Å². The summed E-state index contributed by atoms with van der Waals surface area (Å²) in [6.07, 6.45) is 0.936. The molecule has 3 nitrogen and oxygen atoms in total. The van der Waals surface area contributed by atoms with Crippen molar-refractivity contribution in [3.8, 4) is 0 Å². The highest BCUT2D eigenvalue weighted by molar-refractivity contribution is 9.10. The molecule has 1 rings (SSSR count). The summed E-state index contributed by atoms with van der Waals surface area (Å²) in [6, 6.07) is 6.29. The van der Waals surface area contributed by atoms with Gasteiger partial charge in [0.25, 0.3) is 0 Å². The molecule has 0 atom stereocenters. The Labute approximate surface area is 111 Å². The molecule has 0 radical (unpaired) electrons. The zero-order valence-corrected chi connectivity index (χ0v) is 11.8. The normalized spacial score (nSPS) is 10.8. The summed E-state index contributed by atoms with van der Waals surface area (Å²) in [4.78, 5) is 12.5. The molecule has 0 aliphatic rings. The van der Waals surface area contributed by atoms with Gasteiger partial charge in [0.2, 0.25) is 0 Å². The molecule has 0 aliphatic carbocycles. The fraction of sp³-hybridized carbons (Fsp3) is 0.462. The average molecular weight is 300 g/mol. The number of hydrogen-bond acceptors (Lipinski definition) is 2. The van der Waals surface area contributed by atoms with E-state index in [2.05, 4.69) is 46.0 Å². The van der Waals surface area contributed by atoms with Crippen LogP contribution in [0.25, 0.3) is 0 Å². The molecule has 1 N–H and O–H groups in total. The molecule has 0 amide bonds. The van der Waals surface area contributed by atoms with Crippen molar-refractivity contribution in [2.45, 2.75) is 26.3 Å². The van der Waals surface area contributed by atoms with E-state index >= 15 is 0 Å². The largest absolute Gasteiger partial charge is 0.481 e. The summed E-state index contributed by atoms with van der Waals surface area (Å²) >= 11 is 3.47. The second-order valence-electron chi connectivity index (χ2n) is 4.32. The van der Waals surface area contributed by atoms with E-state index in [9.17, 15) is 4.79 Å². The molecule has 94 valence electrons. The third kappa shape index (κ3) is 5.33. The second kappa shape index (κ2) is 6.77. The molecular weight excluding hydrogens is 282 g/mol. The van der Waals surface area contributed by atoms with Gasteiger partial charge in [-0.05, 0) is 44.1 Å². The number of aliphatic carboxylic acids is 1. The number of nitrogens with zero attached hydrogens (tertiary/aromatic N) is 1. The van der Waals surface area contributed by atoms with E-state index < -0.39 is 5.97 Å². The summed E-state index contributed by atoms with van der Waals surface area (Å²) in [5.74, 6) is -0.724. The Morgan fingerprint density at radius 1 is 1.47 bits per heavy atom. The lowest BCUT2D eigenvalue weighted by atomic mass is 10.1. The number of carbonyl (C=O) groups is 1. The van der Waals surface area contributed by atoms with E-state index in [0.717, 1.165) is 17.6 Å². The zero-order valence-electron chi connectivity index (χ0n) is 10.2. The van der Waals surface area contributed by atoms with Crippen LogP contribution in [0, 0.1) is 6.92 Å².